The fourth-order valence-corrected chi connectivity index (χ4v) is 6.81. The number of hydroxylamine groups is 2. The molecular formula is C40H57N8O14S2+. The number of aromatic nitrogens is 3. The first-order chi connectivity index (χ1) is 29.4. The van der Waals surface area contributed by atoms with Crippen LogP contribution in [0.1, 0.15) is 88.3 Å². The molecule has 24 heteroatoms. The first-order valence-corrected chi connectivity index (χ1v) is 22.2. The number of hydrogen-bond donors (Lipinski definition) is 4. The average molecular weight is 938 g/mol. The smallest absolute Gasteiger partial charge is 0.418 e. The molecule has 1 aliphatic heterocycles. The van der Waals surface area contributed by atoms with Crippen molar-refractivity contribution in [3.05, 3.63) is 47.7 Å². The Morgan fingerprint density at radius 3 is 2.14 bits per heavy atom. The van der Waals surface area contributed by atoms with E-state index in [1.165, 1.54) is 19.2 Å². The Bertz CT molecular complexity index is 2320. The lowest BCUT2D eigenvalue weighted by molar-refractivity contribution is -0.753. The summed E-state index contributed by atoms with van der Waals surface area (Å²) < 4.78 is 62.2. The van der Waals surface area contributed by atoms with Gasteiger partial charge in [0, 0.05) is 11.9 Å². The minimum atomic E-state index is -5.08. The maximum Gasteiger partial charge on any atom is 0.418 e. The number of amides is 4. The van der Waals surface area contributed by atoms with Gasteiger partial charge in [-0.15, -0.1) is 20.3 Å². The second kappa shape index (κ2) is 19.9. The van der Waals surface area contributed by atoms with Crippen molar-refractivity contribution in [2.24, 2.45) is 12.2 Å². The number of hydrogen-bond acceptors (Lipinski definition) is 16. The van der Waals surface area contributed by atoms with Crippen molar-refractivity contribution in [3.8, 4) is 16.9 Å². The van der Waals surface area contributed by atoms with Gasteiger partial charge in [0.1, 0.15) is 40.9 Å². The zero-order chi connectivity index (χ0) is 48.0. The van der Waals surface area contributed by atoms with Crippen molar-refractivity contribution in [2.45, 2.75) is 124 Å². The molecule has 0 bridgehead atoms. The topological polar surface area (TPSA) is 268 Å². The van der Waals surface area contributed by atoms with Gasteiger partial charge in [-0.2, -0.15) is 18.2 Å². The molecule has 0 radical (unpaired) electrons. The van der Waals surface area contributed by atoms with E-state index in [1.54, 1.807) is 74.4 Å². The predicted octanol–water partition coefficient (Wildman–Crippen LogP) is 4.05. The summed E-state index contributed by atoms with van der Waals surface area (Å²) in [6.07, 6.45) is 1.69. The molecule has 352 valence electrons. The number of carbonyl (C=O) groups is 5. The van der Waals surface area contributed by atoms with E-state index in [0.29, 0.717) is 30.3 Å². The molecule has 22 nitrogen and oxygen atoms in total. The highest BCUT2D eigenvalue weighted by Crippen LogP contribution is 2.33. The van der Waals surface area contributed by atoms with Crippen LogP contribution in [-0.2, 0) is 61.7 Å². The Labute approximate surface area is 375 Å². The fraction of sp³-hybridized carbons (Fsp3) is 0.550. The number of nitrogens with one attached hydrogen (secondary N) is 3. The van der Waals surface area contributed by atoms with Crippen LogP contribution in [0.3, 0.4) is 0 Å². The molecule has 0 spiro atoms. The SMILES string of the molecule is C[n+]1cc(-c2ccc(OC[C@H](O/N=C(/C(=O)N[C@@H]3C(=O)N(OS(=O)(=O)O)C3(C)C)c3csc(NC(=O)OC(C)(C)C)n3)C(=O)OC(C)(C)C)cc2)cn1CCCNC(=O)OC(C)(C)C. The number of carbonyl (C=O) groups excluding carboxylic acids is 5. The van der Waals surface area contributed by atoms with Crippen LogP contribution >= 0.6 is 11.3 Å². The molecule has 1 aliphatic rings. The molecule has 4 N–H and O–H groups in total. The van der Waals surface area contributed by atoms with Gasteiger partial charge >= 0.3 is 28.6 Å². The van der Waals surface area contributed by atoms with E-state index in [1.807, 2.05) is 40.9 Å². The number of rotatable bonds is 17. The summed E-state index contributed by atoms with van der Waals surface area (Å²) in [7, 11) is -3.19. The maximum absolute atomic E-state index is 13.9. The minimum absolute atomic E-state index is 0.00841. The van der Waals surface area contributed by atoms with Gasteiger partial charge in [-0.05, 0) is 100 Å². The summed E-state index contributed by atoms with van der Waals surface area (Å²) in [5, 5.41) is 13.3. The Kier molecular flexibility index (Phi) is 15.8. The zero-order valence-electron chi connectivity index (χ0n) is 37.8. The summed E-state index contributed by atoms with van der Waals surface area (Å²) in [4.78, 5) is 74.6. The number of thiazole rings is 1. The van der Waals surface area contributed by atoms with Gasteiger partial charge in [0.2, 0.25) is 6.20 Å². The molecule has 3 aromatic rings. The van der Waals surface area contributed by atoms with Crippen molar-refractivity contribution >= 4 is 62.5 Å². The molecule has 4 amide bonds. The Morgan fingerprint density at radius 1 is 0.953 bits per heavy atom. The molecule has 2 aromatic heterocycles. The molecule has 1 saturated heterocycles. The molecule has 3 heterocycles. The van der Waals surface area contributed by atoms with Gasteiger partial charge in [-0.3, -0.25) is 19.5 Å². The second-order valence-corrected chi connectivity index (χ2v) is 19.9. The van der Waals surface area contributed by atoms with Crippen molar-refractivity contribution in [1.29, 1.82) is 0 Å². The van der Waals surface area contributed by atoms with Crippen LogP contribution in [0, 0.1) is 0 Å². The molecule has 1 fully saturated rings. The highest BCUT2D eigenvalue weighted by molar-refractivity contribution is 7.80. The van der Waals surface area contributed by atoms with Crippen LogP contribution in [0.15, 0.2) is 47.2 Å². The van der Waals surface area contributed by atoms with Crippen LogP contribution in [0.5, 0.6) is 5.75 Å². The summed E-state index contributed by atoms with van der Waals surface area (Å²) in [5.41, 5.74) is -2.86. The van der Waals surface area contributed by atoms with Crippen molar-refractivity contribution in [2.75, 3.05) is 18.5 Å². The quantitative estimate of drug-likeness (QED) is 0.0217. The summed E-state index contributed by atoms with van der Waals surface area (Å²) >= 11 is 0.893. The van der Waals surface area contributed by atoms with Gasteiger partial charge in [0.05, 0.1) is 23.8 Å². The second-order valence-electron chi connectivity index (χ2n) is 18.0. The highest BCUT2D eigenvalue weighted by Gasteiger charge is 2.58. The molecule has 0 unspecified atom stereocenters. The largest absolute Gasteiger partial charge is 0.489 e. The third kappa shape index (κ3) is 15.2. The van der Waals surface area contributed by atoms with Gasteiger partial charge in [0.25, 0.3) is 17.9 Å². The van der Waals surface area contributed by atoms with Crippen molar-refractivity contribution in [3.63, 3.8) is 0 Å². The molecule has 1 aromatic carbocycles. The Hall–Kier alpha value is -5.85. The lowest BCUT2D eigenvalue weighted by Crippen LogP contribution is -2.76. The van der Waals surface area contributed by atoms with Gasteiger partial charge in [-0.1, -0.05) is 17.3 Å². The van der Waals surface area contributed by atoms with Crippen LogP contribution in [-0.4, -0.2) is 111 Å². The number of benzene rings is 1. The lowest BCUT2D eigenvalue weighted by Gasteiger charge is -2.50. The number of esters is 1. The first-order valence-electron chi connectivity index (χ1n) is 19.9. The number of nitrogens with zero attached hydrogens (tertiary/aromatic N) is 5. The number of aryl methyl sites for hydroxylation is 2. The van der Waals surface area contributed by atoms with Gasteiger partial charge in [-0.25, -0.2) is 19.4 Å². The fourth-order valence-electron chi connectivity index (χ4n) is 5.67. The highest BCUT2D eigenvalue weighted by atomic mass is 32.3. The van der Waals surface area contributed by atoms with Crippen LogP contribution < -0.4 is 25.4 Å². The van der Waals surface area contributed by atoms with Gasteiger partial charge < -0.3 is 34.4 Å². The van der Waals surface area contributed by atoms with E-state index in [4.69, 9.17) is 28.3 Å². The minimum Gasteiger partial charge on any atom is -0.489 e. The first kappa shape index (κ1) is 50.8. The number of oxime groups is 1. The molecule has 64 heavy (non-hydrogen) atoms. The average Bonchev–Trinajstić information content (AvgIpc) is 3.75. The van der Waals surface area contributed by atoms with E-state index < -0.39 is 87.2 Å². The van der Waals surface area contributed by atoms with Crippen LogP contribution in [0.2, 0.25) is 0 Å². The number of alkyl carbamates (subject to hydrolysis) is 1. The van der Waals surface area contributed by atoms with Crippen LogP contribution in [0.25, 0.3) is 11.1 Å². The van der Waals surface area contributed by atoms with Crippen LogP contribution in [0.4, 0.5) is 14.7 Å². The number of ether oxygens (including phenoxy) is 4. The maximum atomic E-state index is 13.9. The van der Waals surface area contributed by atoms with E-state index in [9.17, 15) is 32.4 Å². The molecule has 4 rings (SSSR count). The lowest BCUT2D eigenvalue weighted by atomic mass is 9.84. The molecule has 2 atom stereocenters. The standard InChI is InChI=1S/C40H56N8O14S2/c1-37(2,3)58-33(51)28(22-57-26-16-14-24(15-17-26)25-20-46(12)47(21-25)19-13-18-41-35(52)59-38(4,5)6)61-45-29(27-23-63-34(42-27)44-36(53)60-39(7,8)9)31(49)43-30-32(50)48(40(30,10)11)62-64(54,55)56/h14-17,20-21,23,28,30H,13,18-19,22H2,1-12H3,(H3-,41,42,43,44,49,52,53,54,55,56)/p+1/b45-29+/t28-,30+/m0/s1. The van der Waals surface area contributed by atoms with Crippen molar-refractivity contribution < 1.29 is 69.7 Å². The zero-order valence-corrected chi connectivity index (χ0v) is 39.5. The Morgan fingerprint density at radius 2 is 1.56 bits per heavy atom. The monoisotopic (exact) mass is 937 g/mol. The Balaban J connectivity index is 1.53. The van der Waals surface area contributed by atoms with Crippen molar-refractivity contribution in [1.82, 2.24) is 25.4 Å². The molecule has 0 saturated carbocycles. The van der Waals surface area contributed by atoms with E-state index in [2.05, 4.69) is 30.4 Å². The van der Waals surface area contributed by atoms with E-state index >= 15 is 0 Å². The van der Waals surface area contributed by atoms with E-state index in [-0.39, 0.29) is 10.8 Å². The van der Waals surface area contributed by atoms with E-state index in [0.717, 1.165) is 22.5 Å². The van der Waals surface area contributed by atoms with Gasteiger partial charge in [0.15, 0.2) is 17.9 Å². The summed E-state index contributed by atoms with van der Waals surface area (Å²) in [6.45, 7) is 18.6. The third-order valence-corrected chi connectivity index (χ3v) is 9.57. The number of β-lactam (4-membered cyclic amide) rings is 1. The third-order valence-electron chi connectivity index (χ3n) is 8.47. The predicted molar refractivity (Wildman–Crippen MR) is 230 cm³/mol. The number of anilines is 1. The summed E-state index contributed by atoms with van der Waals surface area (Å²) in [6, 6.07) is 5.62. The normalized spacial score (nSPS) is 16.0. The molecule has 0 aliphatic carbocycles. The summed E-state index contributed by atoms with van der Waals surface area (Å²) in [5.74, 6) is -2.64. The molecular weight excluding hydrogens is 881 g/mol.